The number of nitrogens with one attached hydrogen (secondary N) is 1. The molecule has 28 heavy (non-hydrogen) atoms. The summed E-state index contributed by atoms with van der Waals surface area (Å²) in [5.74, 6) is 0.847. The molecule has 0 aliphatic carbocycles. The zero-order valence-electron chi connectivity index (χ0n) is 15.8. The van der Waals surface area contributed by atoms with E-state index in [0.717, 1.165) is 17.5 Å². The fraction of sp³-hybridized carbons (Fsp3) is 0.450. The van der Waals surface area contributed by atoms with E-state index in [-0.39, 0.29) is 5.92 Å². The first-order valence-corrected chi connectivity index (χ1v) is 9.27. The molecule has 0 aromatic carbocycles. The molecule has 0 bridgehead atoms. The Morgan fingerprint density at radius 2 is 1.96 bits per heavy atom. The monoisotopic (exact) mass is 389 g/mol. The van der Waals surface area contributed by atoms with Crippen molar-refractivity contribution in [2.45, 2.75) is 39.5 Å². The van der Waals surface area contributed by atoms with Gasteiger partial charge < -0.3 is 9.80 Å². The van der Waals surface area contributed by atoms with E-state index >= 15 is 0 Å². The molecule has 0 spiro atoms. The normalized spacial score (nSPS) is 16.9. The third kappa shape index (κ3) is 3.55. The van der Waals surface area contributed by atoms with Gasteiger partial charge in [-0.3, -0.25) is 15.4 Å². The van der Waals surface area contributed by atoms with Crippen LogP contribution in [0.5, 0.6) is 0 Å². The Balaban J connectivity index is 1.33. The Kier molecular flexibility index (Phi) is 4.51. The van der Waals surface area contributed by atoms with Crippen molar-refractivity contribution in [1.29, 1.82) is 5.41 Å². The molecule has 4 rings (SSSR count). The van der Waals surface area contributed by atoms with Crippen molar-refractivity contribution < 1.29 is 13.2 Å². The van der Waals surface area contributed by atoms with E-state index in [0.29, 0.717) is 44.1 Å². The first-order chi connectivity index (χ1) is 13.2. The third-order valence-corrected chi connectivity index (χ3v) is 5.47. The molecule has 0 amide bonds. The molecule has 0 radical (unpaired) electrons. The van der Waals surface area contributed by atoms with Gasteiger partial charge in [-0.2, -0.15) is 13.2 Å². The molecule has 2 aliphatic rings. The van der Waals surface area contributed by atoms with E-state index in [4.69, 9.17) is 5.41 Å². The summed E-state index contributed by atoms with van der Waals surface area (Å²) in [7, 11) is 0. The summed E-state index contributed by atoms with van der Waals surface area (Å²) in [6.07, 6.45) is -2.61. The highest BCUT2D eigenvalue weighted by atomic mass is 19.4. The van der Waals surface area contributed by atoms with E-state index in [1.54, 1.807) is 6.07 Å². The van der Waals surface area contributed by atoms with Crippen LogP contribution >= 0.6 is 0 Å². The van der Waals surface area contributed by atoms with Gasteiger partial charge >= 0.3 is 6.18 Å². The highest BCUT2D eigenvalue weighted by Gasteiger charge is 2.35. The van der Waals surface area contributed by atoms with Crippen molar-refractivity contribution in [3.8, 4) is 0 Å². The van der Waals surface area contributed by atoms with E-state index < -0.39 is 11.9 Å². The molecule has 8 heteroatoms. The topological polar surface area (TPSA) is 56.1 Å². The molecule has 4 heterocycles. The first kappa shape index (κ1) is 18.7. The molecule has 0 saturated carbocycles. The zero-order valence-corrected chi connectivity index (χ0v) is 15.8. The average Bonchev–Trinajstić information content (AvgIpc) is 3.01. The van der Waals surface area contributed by atoms with Crippen LogP contribution in [0.2, 0.25) is 0 Å². The fourth-order valence-corrected chi connectivity index (χ4v) is 3.99. The summed E-state index contributed by atoms with van der Waals surface area (Å²) in [5.41, 5.74) is 4.14. The minimum atomic E-state index is -4.43. The number of pyridine rings is 2. The summed E-state index contributed by atoms with van der Waals surface area (Å²) in [4.78, 5) is 11.9. The van der Waals surface area contributed by atoms with Gasteiger partial charge in [0.15, 0.2) is 0 Å². The number of hydrogen-bond donors (Lipinski definition) is 1. The van der Waals surface area contributed by atoms with Crippen LogP contribution in [-0.2, 0) is 19.3 Å². The minimum Gasteiger partial charge on any atom is -0.371 e. The van der Waals surface area contributed by atoms with Crippen molar-refractivity contribution in [1.82, 2.24) is 14.9 Å². The van der Waals surface area contributed by atoms with Crippen LogP contribution in [0.3, 0.4) is 0 Å². The summed E-state index contributed by atoms with van der Waals surface area (Å²) in [5, 5.41) is 8.46. The highest BCUT2D eigenvalue weighted by molar-refractivity contribution is 5.80. The van der Waals surface area contributed by atoms with Crippen LogP contribution < -0.4 is 4.90 Å². The van der Waals surface area contributed by atoms with E-state index in [1.165, 1.54) is 17.3 Å². The van der Waals surface area contributed by atoms with Gasteiger partial charge in [-0.25, -0.2) is 0 Å². The van der Waals surface area contributed by atoms with Crippen LogP contribution in [0.1, 0.15) is 34.6 Å². The molecular weight excluding hydrogens is 367 g/mol. The Hall–Kier alpha value is -2.64. The van der Waals surface area contributed by atoms with Gasteiger partial charge in [-0.1, -0.05) is 0 Å². The van der Waals surface area contributed by atoms with Crippen LogP contribution in [0.15, 0.2) is 24.4 Å². The number of alkyl halides is 3. The molecule has 1 fully saturated rings. The van der Waals surface area contributed by atoms with Crippen molar-refractivity contribution in [2.75, 3.05) is 18.0 Å². The van der Waals surface area contributed by atoms with E-state index in [9.17, 15) is 13.2 Å². The highest BCUT2D eigenvalue weighted by Crippen LogP contribution is 2.33. The second-order valence-corrected chi connectivity index (χ2v) is 7.68. The summed E-state index contributed by atoms with van der Waals surface area (Å²) in [6, 6.07) is 4.76. The summed E-state index contributed by atoms with van der Waals surface area (Å²) in [6.45, 7) is 6.74. The van der Waals surface area contributed by atoms with Crippen molar-refractivity contribution in [3.63, 3.8) is 0 Å². The van der Waals surface area contributed by atoms with Crippen molar-refractivity contribution >= 4 is 11.5 Å². The lowest BCUT2D eigenvalue weighted by Gasteiger charge is -2.42. The smallest absolute Gasteiger partial charge is 0.371 e. The number of halogens is 3. The number of hydrogen-bond acceptors (Lipinski definition) is 4. The number of aromatic nitrogens is 2. The lowest BCUT2D eigenvalue weighted by molar-refractivity contribution is -0.141. The maximum atomic E-state index is 12.8. The minimum absolute atomic E-state index is 0.273. The van der Waals surface area contributed by atoms with Gasteiger partial charge in [0.2, 0.25) is 0 Å². The lowest BCUT2D eigenvalue weighted by atomic mass is 9.94. The molecule has 5 nitrogen and oxygen atoms in total. The molecule has 0 unspecified atom stereocenters. The Labute approximate surface area is 161 Å². The maximum Gasteiger partial charge on any atom is 0.433 e. The second-order valence-electron chi connectivity index (χ2n) is 7.68. The van der Waals surface area contributed by atoms with Crippen molar-refractivity contribution in [2.24, 2.45) is 5.92 Å². The number of fused-ring (bicyclic) bond motifs is 1. The molecular formula is C20H22F3N5. The number of aryl methyl sites for hydroxylation is 2. The third-order valence-electron chi connectivity index (χ3n) is 5.47. The molecule has 148 valence electrons. The van der Waals surface area contributed by atoms with Gasteiger partial charge in [-0.15, -0.1) is 0 Å². The number of rotatable bonds is 3. The summed E-state index contributed by atoms with van der Waals surface area (Å²) < 4.78 is 38.5. The van der Waals surface area contributed by atoms with Crippen molar-refractivity contribution in [3.05, 3.63) is 52.6 Å². The summed E-state index contributed by atoms with van der Waals surface area (Å²) >= 11 is 0. The van der Waals surface area contributed by atoms with Crippen LogP contribution in [0, 0.1) is 25.2 Å². The van der Waals surface area contributed by atoms with E-state index in [2.05, 4.69) is 23.0 Å². The van der Waals surface area contributed by atoms with Gasteiger partial charge in [0, 0.05) is 49.6 Å². The predicted molar refractivity (Wildman–Crippen MR) is 100 cm³/mol. The number of amidine groups is 1. The Bertz CT molecular complexity index is 919. The van der Waals surface area contributed by atoms with E-state index in [1.807, 2.05) is 16.7 Å². The molecule has 0 atom stereocenters. The molecule has 1 N–H and O–H groups in total. The largest absolute Gasteiger partial charge is 0.433 e. The second kappa shape index (κ2) is 6.76. The Morgan fingerprint density at radius 3 is 2.68 bits per heavy atom. The number of anilines is 1. The molecule has 2 aromatic heterocycles. The first-order valence-electron chi connectivity index (χ1n) is 9.27. The van der Waals surface area contributed by atoms with Gasteiger partial charge in [0.05, 0.1) is 18.1 Å². The fourth-order valence-electron chi connectivity index (χ4n) is 3.99. The standard InChI is InChI=1S/C20H22F3N5/c1-12-5-13(2)26-17-11-28(10-16(12)17)19(24)6-14-8-27(9-14)15-3-4-25-18(7-15)20(21,22)23/h3-5,7,14,24H,6,8-11H2,1-2H3. The molecule has 2 aromatic rings. The lowest BCUT2D eigenvalue weighted by Crippen LogP contribution is -2.48. The van der Waals surface area contributed by atoms with Crippen LogP contribution in [0.25, 0.3) is 0 Å². The van der Waals surface area contributed by atoms with Gasteiger partial charge in [0.25, 0.3) is 0 Å². The zero-order chi connectivity index (χ0) is 20.1. The maximum absolute atomic E-state index is 12.8. The molecule has 2 aliphatic heterocycles. The SMILES string of the molecule is Cc1cc(C)c2c(n1)CN(C(=N)CC1CN(c3ccnc(C(F)(F)F)c3)C1)C2. The number of nitrogens with zero attached hydrogens (tertiary/aromatic N) is 4. The Morgan fingerprint density at radius 1 is 1.21 bits per heavy atom. The van der Waals surface area contributed by atoms with Gasteiger partial charge in [-0.05, 0) is 43.2 Å². The molecule has 1 saturated heterocycles. The van der Waals surface area contributed by atoms with Crippen LogP contribution in [0.4, 0.5) is 18.9 Å². The quantitative estimate of drug-likeness (QED) is 0.638. The van der Waals surface area contributed by atoms with Gasteiger partial charge in [0.1, 0.15) is 5.69 Å². The predicted octanol–water partition coefficient (Wildman–Crippen LogP) is 3.93. The average molecular weight is 389 g/mol. The van der Waals surface area contributed by atoms with Crippen LogP contribution in [-0.4, -0.2) is 33.8 Å².